The molecule has 0 saturated heterocycles. The highest BCUT2D eigenvalue weighted by atomic mass is 16.6. The third-order valence-corrected chi connectivity index (χ3v) is 12.8. The van der Waals surface area contributed by atoms with Crippen molar-refractivity contribution in [3.8, 4) is 0 Å². The summed E-state index contributed by atoms with van der Waals surface area (Å²) in [6.07, 6.45) is 59.1. The molecule has 1 atom stereocenters. The van der Waals surface area contributed by atoms with Crippen LogP contribution >= 0.6 is 0 Å². The molecule has 63 heavy (non-hydrogen) atoms. The van der Waals surface area contributed by atoms with E-state index in [1.54, 1.807) is 0 Å². The maximum absolute atomic E-state index is 12.8. The number of carbonyl (C=O) groups is 3. The largest absolute Gasteiger partial charge is 0.462 e. The molecule has 0 aromatic heterocycles. The predicted molar refractivity (Wildman–Crippen MR) is 270 cm³/mol. The summed E-state index contributed by atoms with van der Waals surface area (Å²) in [7, 11) is 0. The Morgan fingerprint density at radius 3 is 0.810 bits per heavy atom. The molecule has 0 bridgehead atoms. The molecule has 0 aromatic rings. The molecule has 372 valence electrons. The van der Waals surface area contributed by atoms with Crippen LogP contribution in [0.5, 0.6) is 0 Å². The van der Waals surface area contributed by atoms with Crippen LogP contribution < -0.4 is 0 Å². The van der Waals surface area contributed by atoms with Gasteiger partial charge in [0.2, 0.25) is 0 Å². The van der Waals surface area contributed by atoms with Crippen LogP contribution in [0.25, 0.3) is 0 Å². The van der Waals surface area contributed by atoms with Crippen molar-refractivity contribution in [2.75, 3.05) is 13.2 Å². The Hall–Kier alpha value is -1.85. The molecule has 6 heteroatoms. The summed E-state index contributed by atoms with van der Waals surface area (Å²) >= 11 is 0. The highest BCUT2D eigenvalue weighted by Crippen LogP contribution is 2.17. The Morgan fingerprint density at radius 1 is 0.302 bits per heavy atom. The van der Waals surface area contributed by atoms with E-state index in [0.29, 0.717) is 19.3 Å². The molecular formula is C57H108O6. The van der Waals surface area contributed by atoms with Crippen molar-refractivity contribution in [2.24, 2.45) is 0 Å². The fourth-order valence-corrected chi connectivity index (χ4v) is 8.50. The third-order valence-electron chi connectivity index (χ3n) is 12.8. The lowest BCUT2D eigenvalue weighted by atomic mass is 10.0. The molecule has 6 nitrogen and oxygen atoms in total. The van der Waals surface area contributed by atoms with E-state index in [1.807, 2.05) is 0 Å². The number of carbonyl (C=O) groups excluding carboxylic acids is 3. The number of esters is 3. The number of hydrogen-bond donors (Lipinski definition) is 0. The van der Waals surface area contributed by atoms with Crippen molar-refractivity contribution in [2.45, 2.75) is 322 Å². The molecule has 0 saturated carbocycles. The van der Waals surface area contributed by atoms with Crippen LogP contribution in [-0.4, -0.2) is 37.2 Å². The second-order valence-corrected chi connectivity index (χ2v) is 19.2. The smallest absolute Gasteiger partial charge is 0.306 e. The van der Waals surface area contributed by atoms with Crippen molar-refractivity contribution in [3.05, 3.63) is 12.2 Å². The molecule has 0 radical (unpaired) electrons. The molecule has 0 fully saturated rings. The maximum Gasteiger partial charge on any atom is 0.306 e. The van der Waals surface area contributed by atoms with Crippen molar-refractivity contribution in [1.82, 2.24) is 0 Å². The van der Waals surface area contributed by atoms with Gasteiger partial charge in [-0.2, -0.15) is 0 Å². The zero-order valence-electron chi connectivity index (χ0n) is 42.6. The topological polar surface area (TPSA) is 78.9 Å². The second kappa shape index (κ2) is 52.8. The first-order valence-electron chi connectivity index (χ1n) is 28.2. The standard InChI is InChI=1S/C57H108O6/c1-4-7-10-13-16-19-22-25-28-30-32-35-38-41-44-47-50-56(59)62-53-54(52-61-55(58)49-46-43-40-37-34-31-27-24-21-18-15-12-9-6-3)63-57(60)51-48-45-42-39-36-33-29-26-23-20-17-14-11-8-5-2/h31,34,54H,4-30,32-33,35-53H2,1-3H3/b34-31-. The number of allylic oxidation sites excluding steroid dienone is 2. The lowest BCUT2D eigenvalue weighted by Gasteiger charge is -2.18. The molecule has 0 N–H and O–H groups in total. The number of rotatable bonds is 52. The molecule has 0 aliphatic rings. The molecule has 0 aliphatic heterocycles. The SMILES string of the molecule is CCCCCCCCC/C=C\CCCCCC(=O)OCC(COC(=O)CCCCCCCCCCCCCCCCCC)OC(=O)CCCCCCCCCCCCCCCCC. The normalized spacial score (nSPS) is 12.0. The summed E-state index contributed by atoms with van der Waals surface area (Å²) < 4.78 is 16.9. The summed E-state index contributed by atoms with van der Waals surface area (Å²) in [5, 5.41) is 0. The van der Waals surface area contributed by atoms with Gasteiger partial charge in [-0.3, -0.25) is 14.4 Å². The van der Waals surface area contributed by atoms with Crippen molar-refractivity contribution >= 4 is 17.9 Å². The molecule has 0 aromatic carbocycles. The zero-order chi connectivity index (χ0) is 45.8. The minimum absolute atomic E-state index is 0.0687. The fraction of sp³-hybridized carbons (Fsp3) is 0.912. The molecule has 0 spiro atoms. The first-order chi connectivity index (χ1) is 31.0. The van der Waals surface area contributed by atoms with E-state index < -0.39 is 6.10 Å². The highest BCUT2D eigenvalue weighted by Gasteiger charge is 2.19. The minimum atomic E-state index is -0.769. The third kappa shape index (κ3) is 51.0. The number of unbranched alkanes of at least 4 members (excludes halogenated alkanes) is 39. The van der Waals surface area contributed by atoms with Crippen LogP contribution in [0.3, 0.4) is 0 Å². The molecule has 0 amide bonds. The molecule has 0 rings (SSSR count). The lowest BCUT2D eigenvalue weighted by molar-refractivity contribution is -0.167. The Morgan fingerprint density at radius 2 is 0.524 bits per heavy atom. The van der Waals surface area contributed by atoms with Gasteiger partial charge in [0.05, 0.1) is 0 Å². The summed E-state index contributed by atoms with van der Waals surface area (Å²) in [6.45, 7) is 6.67. The second-order valence-electron chi connectivity index (χ2n) is 19.2. The van der Waals surface area contributed by atoms with Crippen molar-refractivity contribution in [1.29, 1.82) is 0 Å². The first-order valence-corrected chi connectivity index (χ1v) is 28.2. The van der Waals surface area contributed by atoms with E-state index in [2.05, 4.69) is 32.9 Å². The monoisotopic (exact) mass is 889 g/mol. The van der Waals surface area contributed by atoms with E-state index in [1.165, 1.54) is 212 Å². The number of ether oxygens (including phenoxy) is 3. The van der Waals surface area contributed by atoms with Gasteiger partial charge in [0.15, 0.2) is 6.10 Å². The molecule has 0 heterocycles. The van der Waals surface area contributed by atoms with Crippen molar-refractivity contribution in [3.63, 3.8) is 0 Å². The van der Waals surface area contributed by atoms with Gasteiger partial charge >= 0.3 is 17.9 Å². The average molecular weight is 889 g/mol. The quantitative estimate of drug-likeness (QED) is 0.0262. The van der Waals surface area contributed by atoms with Gasteiger partial charge in [0.1, 0.15) is 13.2 Å². The highest BCUT2D eigenvalue weighted by molar-refractivity contribution is 5.71. The number of hydrogen-bond acceptors (Lipinski definition) is 6. The van der Waals surface area contributed by atoms with Crippen LogP contribution in [0.15, 0.2) is 12.2 Å². The molecular weight excluding hydrogens is 781 g/mol. The van der Waals surface area contributed by atoms with Gasteiger partial charge in [-0.1, -0.05) is 264 Å². The van der Waals surface area contributed by atoms with E-state index in [-0.39, 0.29) is 31.1 Å². The maximum atomic E-state index is 12.8. The molecule has 1 unspecified atom stereocenters. The summed E-state index contributed by atoms with van der Waals surface area (Å²) in [5.41, 5.74) is 0. The summed E-state index contributed by atoms with van der Waals surface area (Å²) in [4.78, 5) is 38.1. The van der Waals surface area contributed by atoms with E-state index in [0.717, 1.165) is 64.2 Å². The van der Waals surface area contributed by atoms with Gasteiger partial charge in [-0.25, -0.2) is 0 Å². The fourth-order valence-electron chi connectivity index (χ4n) is 8.50. The van der Waals surface area contributed by atoms with E-state index in [9.17, 15) is 14.4 Å². The lowest BCUT2D eigenvalue weighted by Crippen LogP contribution is -2.30. The van der Waals surface area contributed by atoms with Gasteiger partial charge < -0.3 is 14.2 Å². The van der Waals surface area contributed by atoms with E-state index >= 15 is 0 Å². The molecule has 0 aliphatic carbocycles. The van der Waals surface area contributed by atoms with Crippen LogP contribution in [-0.2, 0) is 28.6 Å². The predicted octanol–water partition coefficient (Wildman–Crippen LogP) is 18.5. The minimum Gasteiger partial charge on any atom is -0.462 e. The van der Waals surface area contributed by atoms with Gasteiger partial charge in [0.25, 0.3) is 0 Å². The van der Waals surface area contributed by atoms with Gasteiger partial charge in [-0.05, 0) is 44.9 Å². The summed E-state index contributed by atoms with van der Waals surface area (Å²) in [5.74, 6) is -0.862. The Kier molecular flexibility index (Phi) is 51.2. The van der Waals surface area contributed by atoms with Crippen LogP contribution in [0, 0.1) is 0 Å². The summed E-state index contributed by atoms with van der Waals surface area (Å²) in [6, 6.07) is 0. The van der Waals surface area contributed by atoms with Gasteiger partial charge in [-0.15, -0.1) is 0 Å². The Bertz CT molecular complexity index is 978. The van der Waals surface area contributed by atoms with Crippen LogP contribution in [0.1, 0.15) is 316 Å². The van der Waals surface area contributed by atoms with Crippen LogP contribution in [0.2, 0.25) is 0 Å². The zero-order valence-corrected chi connectivity index (χ0v) is 42.6. The Balaban J connectivity index is 4.33. The Labute approximate surface area is 392 Å². The van der Waals surface area contributed by atoms with Crippen molar-refractivity contribution < 1.29 is 28.6 Å². The first kappa shape index (κ1) is 61.1. The van der Waals surface area contributed by atoms with E-state index in [4.69, 9.17) is 14.2 Å². The van der Waals surface area contributed by atoms with Gasteiger partial charge in [0, 0.05) is 19.3 Å². The van der Waals surface area contributed by atoms with Crippen LogP contribution in [0.4, 0.5) is 0 Å². The average Bonchev–Trinajstić information content (AvgIpc) is 3.28.